The third-order valence-corrected chi connectivity index (χ3v) is 2.98. The topological polar surface area (TPSA) is 84.3 Å². The van der Waals surface area contributed by atoms with Crippen molar-refractivity contribution >= 4 is 11.8 Å². The molecule has 0 radical (unpaired) electrons. The fourth-order valence-corrected chi connectivity index (χ4v) is 1.99. The van der Waals surface area contributed by atoms with Crippen LogP contribution in [0.1, 0.15) is 35.9 Å². The van der Waals surface area contributed by atoms with Crippen LogP contribution in [0.15, 0.2) is 6.20 Å². The van der Waals surface area contributed by atoms with Gasteiger partial charge in [-0.1, -0.05) is 0 Å². The van der Waals surface area contributed by atoms with Gasteiger partial charge in [0.15, 0.2) is 0 Å². The Morgan fingerprint density at radius 3 is 2.94 bits per heavy atom. The van der Waals surface area contributed by atoms with Gasteiger partial charge in [-0.05, 0) is 26.7 Å². The minimum atomic E-state index is -1.02. The number of carbonyl (C=O) groups is 1. The van der Waals surface area contributed by atoms with Gasteiger partial charge in [0, 0.05) is 18.8 Å². The number of aromatic carboxylic acids is 1. The van der Waals surface area contributed by atoms with Gasteiger partial charge in [0.05, 0.1) is 6.10 Å². The summed E-state index contributed by atoms with van der Waals surface area (Å²) in [5.41, 5.74) is 0.112. The summed E-state index contributed by atoms with van der Waals surface area (Å²) in [4.78, 5) is 19.1. The maximum atomic E-state index is 11.0. The van der Waals surface area contributed by atoms with Crippen LogP contribution in [0.3, 0.4) is 0 Å². The zero-order valence-corrected chi connectivity index (χ0v) is 10.5. The van der Waals surface area contributed by atoms with Gasteiger partial charge in [-0.2, -0.15) is 0 Å². The molecule has 6 heteroatoms. The van der Waals surface area contributed by atoms with Crippen LogP contribution in [0.25, 0.3) is 0 Å². The van der Waals surface area contributed by atoms with E-state index in [0.717, 1.165) is 12.8 Å². The lowest BCUT2D eigenvalue weighted by Gasteiger charge is -2.35. The summed E-state index contributed by atoms with van der Waals surface area (Å²) in [6.45, 7) is 4.42. The number of carboxylic acid groups (broad SMARTS) is 1. The van der Waals surface area contributed by atoms with Crippen molar-refractivity contribution in [2.45, 2.75) is 38.8 Å². The Balaban J connectivity index is 2.01. The lowest BCUT2D eigenvalue weighted by atomic mass is 9.89. The van der Waals surface area contributed by atoms with Gasteiger partial charge in [0.2, 0.25) is 0 Å². The summed E-state index contributed by atoms with van der Waals surface area (Å²) < 4.78 is 5.46. The molecule has 0 unspecified atom stereocenters. The minimum Gasteiger partial charge on any atom is -0.477 e. The molecule has 1 aliphatic carbocycles. The van der Waals surface area contributed by atoms with Crippen LogP contribution in [-0.2, 0) is 4.74 Å². The first-order valence-corrected chi connectivity index (χ1v) is 6.05. The molecule has 1 fully saturated rings. The van der Waals surface area contributed by atoms with Crippen molar-refractivity contribution in [2.24, 2.45) is 0 Å². The predicted octanol–water partition coefficient (Wildman–Crippen LogP) is 1.46. The number of rotatable bonds is 5. The highest BCUT2D eigenvalue weighted by molar-refractivity contribution is 5.92. The highest BCUT2D eigenvalue weighted by Gasteiger charge is 2.30. The summed E-state index contributed by atoms with van der Waals surface area (Å²) in [6.07, 6.45) is 3.39. The second kappa shape index (κ2) is 5.30. The van der Waals surface area contributed by atoms with Crippen LogP contribution in [0, 0.1) is 6.92 Å². The van der Waals surface area contributed by atoms with E-state index in [4.69, 9.17) is 9.84 Å². The summed E-state index contributed by atoms with van der Waals surface area (Å²) in [6, 6.07) is 0.231. The third kappa shape index (κ3) is 2.76. The average molecular weight is 251 g/mol. The van der Waals surface area contributed by atoms with Crippen molar-refractivity contribution in [2.75, 3.05) is 11.9 Å². The number of aryl methyl sites for hydroxylation is 1. The Kier molecular flexibility index (Phi) is 3.76. The SMILES string of the molecule is CCOC1CC(Nc2nc(C)ncc2C(=O)O)C1. The molecule has 0 spiro atoms. The first-order chi connectivity index (χ1) is 8.60. The largest absolute Gasteiger partial charge is 0.477 e. The molecule has 1 aromatic rings. The average Bonchev–Trinajstić information content (AvgIpc) is 2.26. The normalized spacial score (nSPS) is 22.3. The van der Waals surface area contributed by atoms with E-state index in [1.807, 2.05) is 6.92 Å². The smallest absolute Gasteiger partial charge is 0.341 e. The fourth-order valence-electron chi connectivity index (χ4n) is 1.99. The molecule has 6 nitrogen and oxygen atoms in total. The maximum Gasteiger partial charge on any atom is 0.341 e. The van der Waals surface area contributed by atoms with E-state index in [9.17, 15) is 4.79 Å². The van der Waals surface area contributed by atoms with Crippen LogP contribution in [0.5, 0.6) is 0 Å². The first kappa shape index (κ1) is 12.8. The van der Waals surface area contributed by atoms with Gasteiger partial charge < -0.3 is 15.2 Å². The molecule has 2 N–H and O–H groups in total. The molecule has 0 atom stereocenters. The van der Waals surface area contributed by atoms with Crippen molar-refractivity contribution in [3.05, 3.63) is 17.6 Å². The molecule has 18 heavy (non-hydrogen) atoms. The summed E-state index contributed by atoms with van der Waals surface area (Å²) in [5, 5.41) is 12.2. The zero-order valence-electron chi connectivity index (χ0n) is 10.5. The molecule has 0 aromatic carbocycles. The third-order valence-electron chi connectivity index (χ3n) is 2.98. The maximum absolute atomic E-state index is 11.0. The van der Waals surface area contributed by atoms with Crippen molar-refractivity contribution < 1.29 is 14.6 Å². The Labute approximate surface area is 105 Å². The monoisotopic (exact) mass is 251 g/mol. The quantitative estimate of drug-likeness (QED) is 0.824. The molecule has 0 aliphatic heterocycles. The molecular weight excluding hydrogens is 234 g/mol. The lowest BCUT2D eigenvalue weighted by molar-refractivity contribution is 0.00291. The van der Waals surface area contributed by atoms with Crippen LogP contribution < -0.4 is 5.32 Å². The van der Waals surface area contributed by atoms with Gasteiger partial charge in [0.1, 0.15) is 17.2 Å². The van der Waals surface area contributed by atoms with Crippen LogP contribution in [-0.4, -0.2) is 39.8 Å². The number of hydrogen-bond acceptors (Lipinski definition) is 5. The fraction of sp³-hybridized carbons (Fsp3) is 0.583. The predicted molar refractivity (Wildman–Crippen MR) is 65.8 cm³/mol. The van der Waals surface area contributed by atoms with Gasteiger partial charge in [0.25, 0.3) is 0 Å². The molecule has 1 aliphatic rings. The van der Waals surface area contributed by atoms with E-state index in [-0.39, 0.29) is 17.7 Å². The zero-order chi connectivity index (χ0) is 13.1. The number of anilines is 1. The molecule has 0 bridgehead atoms. The lowest BCUT2D eigenvalue weighted by Crippen LogP contribution is -2.41. The van der Waals surface area contributed by atoms with Crippen LogP contribution >= 0.6 is 0 Å². The van der Waals surface area contributed by atoms with E-state index in [0.29, 0.717) is 18.2 Å². The number of hydrogen-bond donors (Lipinski definition) is 2. The van der Waals surface area contributed by atoms with Crippen LogP contribution in [0.4, 0.5) is 5.82 Å². The molecule has 0 saturated heterocycles. The Hall–Kier alpha value is -1.69. The number of aromatic nitrogens is 2. The molecule has 2 rings (SSSR count). The van der Waals surface area contributed by atoms with Gasteiger partial charge in [-0.3, -0.25) is 0 Å². The van der Waals surface area contributed by atoms with Gasteiger partial charge in [-0.25, -0.2) is 14.8 Å². The van der Waals surface area contributed by atoms with Crippen molar-refractivity contribution in [3.63, 3.8) is 0 Å². The second-order valence-corrected chi connectivity index (χ2v) is 4.37. The Morgan fingerprint density at radius 1 is 1.61 bits per heavy atom. The number of nitrogens with zero attached hydrogens (tertiary/aromatic N) is 2. The van der Waals surface area contributed by atoms with E-state index >= 15 is 0 Å². The minimum absolute atomic E-state index is 0.112. The number of carboxylic acids is 1. The summed E-state index contributed by atoms with van der Waals surface area (Å²) in [7, 11) is 0. The first-order valence-electron chi connectivity index (χ1n) is 6.05. The Morgan fingerprint density at radius 2 is 2.33 bits per heavy atom. The van der Waals surface area contributed by atoms with Crippen molar-refractivity contribution in [1.82, 2.24) is 9.97 Å². The van der Waals surface area contributed by atoms with E-state index in [1.165, 1.54) is 6.20 Å². The Bertz CT molecular complexity index is 444. The molecule has 1 saturated carbocycles. The standard InChI is InChI=1S/C12H17N3O3/c1-3-18-9-4-8(5-9)15-11-10(12(16)17)6-13-7(2)14-11/h6,8-9H,3-5H2,1-2H3,(H,16,17)(H,13,14,15). The van der Waals surface area contributed by atoms with Crippen LogP contribution in [0.2, 0.25) is 0 Å². The highest BCUT2D eigenvalue weighted by Crippen LogP contribution is 2.27. The second-order valence-electron chi connectivity index (χ2n) is 4.37. The number of nitrogens with one attached hydrogen (secondary N) is 1. The van der Waals surface area contributed by atoms with Gasteiger partial charge >= 0.3 is 5.97 Å². The number of ether oxygens (including phenoxy) is 1. The molecule has 0 amide bonds. The highest BCUT2D eigenvalue weighted by atomic mass is 16.5. The van der Waals surface area contributed by atoms with Crippen molar-refractivity contribution in [3.8, 4) is 0 Å². The molecule has 1 aromatic heterocycles. The molecular formula is C12H17N3O3. The van der Waals surface area contributed by atoms with E-state index in [1.54, 1.807) is 6.92 Å². The summed E-state index contributed by atoms with van der Waals surface area (Å²) >= 11 is 0. The molecule has 1 heterocycles. The van der Waals surface area contributed by atoms with Crippen molar-refractivity contribution in [1.29, 1.82) is 0 Å². The molecule has 98 valence electrons. The van der Waals surface area contributed by atoms with Gasteiger partial charge in [-0.15, -0.1) is 0 Å². The van der Waals surface area contributed by atoms with E-state index in [2.05, 4.69) is 15.3 Å². The van der Waals surface area contributed by atoms with E-state index < -0.39 is 5.97 Å². The summed E-state index contributed by atoms with van der Waals surface area (Å²) in [5.74, 6) is -0.0590.